The zero-order chi connectivity index (χ0) is 9.84. The number of nitrogens with two attached hydrogens (primary N) is 2. The second kappa shape index (κ2) is 3.93. The van der Waals surface area contributed by atoms with Crippen molar-refractivity contribution >= 4 is 28.7 Å². The molecule has 0 aliphatic rings. The van der Waals surface area contributed by atoms with E-state index < -0.39 is 11.4 Å². The van der Waals surface area contributed by atoms with E-state index in [2.05, 4.69) is 19.7 Å². The Hall–Kier alpha value is -1.52. The van der Waals surface area contributed by atoms with Crippen molar-refractivity contribution in [2.45, 2.75) is 0 Å². The number of aromatic nitrogens is 3. The van der Waals surface area contributed by atoms with Gasteiger partial charge in [-0.25, -0.2) is 5.48 Å². The Bertz CT molecular complexity index is 331. The van der Waals surface area contributed by atoms with Gasteiger partial charge in [-0.1, -0.05) is 0 Å². The van der Waals surface area contributed by atoms with E-state index in [0.717, 1.165) is 0 Å². The molecule has 0 saturated heterocycles. The quantitative estimate of drug-likeness (QED) is 0.342. The molecule has 72 valence electrons. The maximum absolute atomic E-state index is 10.1. The zero-order valence-corrected chi connectivity index (χ0v) is 6.98. The fourth-order valence-corrected chi connectivity index (χ4v) is 0.645. The van der Waals surface area contributed by atoms with Crippen LogP contribution in [0, 0.1) is 0 Å². The summed E-state index contributed by atoms with van der Waals surface area (Å²) in [6, 6.07) is 0. The first-order chi connectivity index (χ1) is 6.11. The summed E-state index contributed by atoms with van der Waals surface area (Å²) in [5, 5.41) is 9.88. The first-order valence-electron chi connectivity index (χ1n) is 2.89. The van der Waals surface area contributed by atoms with Gasteiger partial charge in [0, 0.05) is 0 Å². The molecule has 0 fully saturated rings. The van der Waals surface area contributed by atoms with Crippen molar-refractivity contribution in [1.29, 1.82) is 0 Å². The van der Waals surface area contributed by atoms with Crippen LogP contribution in [-0.2, 0) is 15.6 Å². The number of hydrogen-bond donors (Lipinski definition) is 4. The fraction of sp³-hybridized carbons (Fsp3) is 0. The molecule has 0 saturated carbocycles. The van der Waals surface area contributed by atoms with Crippen LogP contribution < -0.4 is 16.9 Å². The van der Waals surface area contributed by atoms with E-state index in [-0.39, 0.29) is 17.3 Å². The van der Waals surface area contributed by atoms with Gasteiger partial charge < -0.3 is 11.5 Å². The summed E-state index contributed by atoms with van der Waals surface area (Å²) in [5.41, 5.74) is 12.6. The first kappa shape index (κ1) is 9.57. The molecule has 6 N–H and O–H groups in total. The van der Waals surface area contributed by atoms with Gasteiger partial charge in [-0.3, -0.25) is 4.55 Å². The molecule has 1 rings (SSSR count). The largest absolute Gasteiger partial charge is 0.393 e. The van der Waals surface area contributed by atoms with Crippen molar-refractivity contribution in [2.24, 2.45) is 0 Å². The van der Waals surface area contributed by atoms with Crippen molar-refractivity contribution in [2.75, 3.05) is 16.9 Å². The Morgan fingerprint density at radius 1 is 1.46 bits per heavy atom. The smallest absolute Gasteiger partial charge is 0.324 e. The van der Waals surface area contributed by atoms with Crippen LogP contribution in [0.15, 0.2) is 0 Å². The summed E-state index contributed by atoms with van der Waals surface area (Å²) in [6.45, 7) is 0. The van der Waals surface area contributed by atoms with Crippen LogP contribution in [0.2, 0.25) is 0 Å². The van der Waals surface area contributed by atoms with Gasteiger partial charge in [-0.2, -0.15) is 4.21 Å². The number of hydrogen-bond acceptors (Lipinski definition) is 8. The van der Waals surface area contributed by atoms with Gasteiger partial charge in [-0.15, -0.1) is 14.5 Å². The Morgan fingerprint density at radius 2 is 2.15 bits per heavy atom. The SMILES string of the molecule is Nc1nnnc(NOS(=O)O)c1N. The minimum Gasteiger partial charge on any atom is -0.393 e. The lowest BCUT2D eigenvalue weighted by atomic mass is 10.5. The predicted octanol–water partition coefficient (Wildman–Crippen LogP) is -1.48. The maximum atomic E-state index is 10.1. The summed E-state index contributed by atoms with van der Waals surface area (Å²) in [4.78, 5) is 0. The standard InChI is InChI=1S/C3H6N6O3S/c4-1-2(5)6-9-7-3(1)8-12-13(10)11/h(H2,4,9)(H,10,11)(H3,5,6,7,8). The molecule has 0 spiro atoms. The third kappa shape index (κ3) is 2.47. The Balaban J connectivity index is 2.77. The average molecular weight is 206 g/mol. The molecular weight excluding hydrogens is 200 g/mol. The highest BCUT2D eigenvalue weighted by Crippen LogP contribution is 2.17. The average Bonchev–Trinajstić information content (AvgIpc) is 2.07. The Kier molecular flexibility index (Phi) is 2.89. The molecule has 0 aliphatic carbocycles. The van der Waals surface area contributed by atoms with Gasteiger partial charge in [0.2, 0.25) is 5.82 Å². The number of nitrogens with zero attached hydrogens (tertiary/aromatic N) is 3. The molecule has 0 amide bonds. The highest BCUT2D eigenvalue weighted by atomic mass is 32.2. The molecule has 9 nitrogen and oxygen atoms in total. The van der Waals surface area contributed by atoms with Crippen molar-refractivity contribution in [1.82, 2.24) is 15.4 Å². The van der Waals surface area contributed by atoms with E-state index in [9.17, 15) is 4.21 Å². The molecule has 1 atom stereocenters. The number of anilines is 3. The van der Waals surface area contributed by atoms with Crippen molar-refractivity contribution in [3.63, 3.8) is 0 Å². The molecule has 13 heavy (non-hydrogen) atoms. The summed E-state index contributed by atoms with van der Waals surface area (Å²) in [7, 11) is 0. The van der Waals surface area contributed by atoms with Gasteiger partial charge in [0.25, 0.3) is 0 Å². The van der Waals surface area contributed by atoms with E-state index in [1.165, 1.54) is 0 Å². The van der Waals surface area contributed by atoms with Gasteiger partial charge in [-0.05, 0) is 5.21 Å². The molecule has 0 bridgehead atoms. The molecule has 10 heteroatoms. The third-order valence-corrected chi connectivity index (χ3v) is 1.26. The molecule has 0 aliphatic heterocycles. The highest BCUT2D eigenvalue weighted by molar-refractivity contribution is 7.74. The molecule has 1 aromatic rings. The van der Waals surface area contributed by atoms with Crippen molar-refractivity contribution < 1.29 is 13.0 Å². The minimum atomic E-state index is -2.48. The molecule has 1 heterocycles. The van der Waals surface area contributed by atoms with Crippen LogP contribution in [0.3, 0.4) is 0 Å². The first-order valence-corrected chi connectivity index (χ1v) is 3.93. The van der Waals surface area contributed by atoms with Gasteiger partial charge >= 0.3 is 11.4 Å². The minimum absolute atomic E-state index is 0.0135. The van der Waals surface area contributed by atoms with Crippen LogP contribution in [0.1, 0.15) is 0 Å². The molecule has 0 aromatic carbocycles. The molecule has 1 aromatic heterocycles. The lowest BCUT2D eigenvalue weighted by Gasteiger charge is -2.04. The van der Waals surface area contributed by atoms with Crippen LogP contribution in [0.4, 0.5) is 17.3 Å². The van der Waals surface area contributed by atoms with E-state index in [1.807, 2.05) is 5.48 Å². The second-order valence-electron chi connectivity index (χ2n) is 1.84. The number of rotatable bonds is 3. The normalized spacial score (nSPS) is 12.4. The van der Waals surface area contributed by atoms with Crippen molar-refractivity contribution in [3.05, 3.63) is 0 Å². The zero-order valence-electron chi connectivity index (χ0n) is 6.17. The van der Waals surface area contributed by atoms with E-state index in [1.54, 1.807) is 0 Å². The van der Waals surface area contributed by atoms with Crippen LogP contribution >= 0.6 is 0 Å². The molecular formula is C3H6N6O3S. The summed E-state index contributed by atoms with van der Waals surface area (Å²) >= 11 is -2.48. The number of nitrogens with one attached hydrogen (secondary N) is 1. The second-order valence-corrected chi connectivity index (χ2v) is 2.44. The van der Waals surface area contributed by atoms with Crippen LogP contribution in [0.5, 0.6) is 0 Å². The number of nitrogen functional groups attached to an aromatic ring is 2. The molecule has 0 radical (unpaired) electrons. The predicted molar refractivity (Wildman–Crippen MR) is 44.1 cm³/mol. The van der Waals surface area contributed by atoms with Gasteiger partial charge in [0.15, 0.2) is 5.82 Å². The Labute approximate surface area is 74.9 Å². The lowest BCUT2D eigenvalue weighted by molar-refractivity contribution is 0.370. The third-order valence-electron chi connectivity index (χ3n) is 1.04. The Morgan fingerprint density at radius 3 is 2.77 bits per heavy atom. The van der Waals surface area contributed by atoms with Crippen LogP contribution in [-0.4, -0.2) is 24.2 Å². The summed E-state index contributed by atoms with van der Waals surface area (Å²) in [6.07, 6.45) is 0. The molecule has 1 unspecified atom stereocenters. The van der Waals surface area contributed by atoms with Crippen LogP contribution in [0.25, 0.3) is 0 Å². The van der Waals surface area contributed by atoms with E-state index in [4.69, 9.17) is 16.0 Å². The maximum Gasteiger partial charge on any atom is 0.324 e. The van der Waals surface area contributed by atoms with Crippen molar-refractivity contribution in [3.8, 4) is 0 Å². The summed E-state index contributed by atoms with van der Waals surface area (Å²) in [5.74, 6) is -0.125. The van der Waals surface area contributed by atoms with E-state index in [0.29, 0.717) is 0 Å². The summed E-state index contributed by atoms with van der Waals surface area (Å²) < 4.78 is 22.4. The highest BCUT2D eigenvalue weighted by Gasteiger charge is 2.06. The van der Waals surface area contributed by atoms with Gasteiger partial charge in [0.05, 0.1) is 0 Å². The van der Waals surface area contributed by atoms with E-state index >= 15 is 0 Å². The fourth-order valence-electron chi connectivity index (χ4n) is 0.495. The monoisotopic (exact) mass is 206 g/mol. The van der Waals surface area contributed by atoms with Gasteiger partial charge in [0.1, 0.15) is 5.69 Å². The lowest BCUT2D eigenvalue weighted by Crippen LogP contribution is -2.11. The topological polar surface area (TPSA) is 149 Å².